The number of terminal acetylenes is 1. The minimum Gasteiger partial charge on any atom is -0.408 e. The molecule has 0 amide bonds. The van der Waals surface area contributed by atoms with Gasteiger partial charge in [-0.25, -0.2) is 4.79 Å². The zero-order valence-electron chi connectivity index (χ0n) is 7.86. The summed E-state index contributed by atoms with van der Waals surface area (Å²) < 4.78 is 6.37. The minimum absolute atomic E-state index is 0.180. The fourth-order valence-electron chi connectivity index (χ4n) is 1.39. The number of aromatic nitrogens is 1. The molecule has 1 aromatic heterocycles. The van der Waals surface area contributed by atoms with Crippen molar-refractivity contribution in [2.75, 3.05) is 5.43 Å². The third-order valence-corrected chi connectivity index (χ3v) is 2.08. The van der Waals surface area contributed by atoms with Gasteiger partial charge in [-0.2, -0.15) is 0 Å². The van der Waals surface area contributed by atoms with E-state index in [-0.39, 0.29) is 6.54 Å². The van der Waals surface area contributed by atoms with E-state index in [1.807, 2.05) is 0 Å². The van der Waals surface area contributed by atoms with Gasteiger partial charge < -0.3 is 9.84 Å². The molecule has 76 valence electrons. The van der Waals surface area contributed by atoms with Gasteiger partial charge in [0, 0.05) is 0 Å². The molecule has 0 bridgehead atoms. The lowest BCUT2D eigenvalue weighted by atomic mass is 10.3. The fourth-order valence-corrected chi connectivity index (χ4v) is 1.39. The number of oxazole rings is 1. The lowest BCUT2D eigenvalue weighted by Crippen LogP contribution is -2.13. The van der Waals surface area contributed by atoms with Crippen molar-refractivity contribution in [3.05, 3.63) is 28.7 Å². The highest BCUT2D eigenvalue weighted by atomic mass is 16.4. The van der Waals surface area contributed by atoms with Crippen LogP contribution in [-0.4, -0.2) is 4.57 Å². The number of anilines is 1. The predicted molar refractivity (Wildman–Crippen MR) is 57.1 cm³/mol. The largest absolute Gasteiger partial charge is 0.420 e. The maximum atomic E-state index is 11.4. The van der Waals surface area contributed by atoms with E-state index in [1.165, 1.54) is 4.57 Å². The van der Waals surface area contributed by atoms with Crippen LogP contribution in [0, 0.1) is 12.3 Å². The van der Waals surface area contributed by atoms with Crippen molar-refractivity contribution in [3.8, 4) is 12.3 Å². The Kier molecular flexibility index (Phi) is 2.20. The number of nitrogens with zero attached hydrogens (tertiary/aromatic N) is 1. The number of hydrogen-bond donors (Lipinski definition) is 2. The van der Waals surface area contributed by atoms with Gasteiger partial charge in [0.15, 0.2) is 5.58 Å². The summed E-state index contributed by atoms with van der Waals surface area (Å²) in [6.07, 6.45) is 5.16. The Hall–Kier alpha value is -2.19. The molecule has 5 nitrogen and oxygen atoms in total. The van der Waals surface area contributed by atoms with Crippen LogP contribution in [0.15, 0.2) is 27.4 Å². The molecule has 1 heterocycles. The van der Waals surface area contributed by atoms with Gasteiger partial charge in [0.25, 0.3) is 0 Å². The van der Waals surface area contributed by atoms with Gasteiger partial charge >= 0.3 is 5.76 Å². The first kappa shape index (κ1) is 9.37. The summed E-state index contributed by atoms with van der Waals surface area (Å²) in [6.45, 7) is 0.180. The summed E-state index contributed by atoms with van der Waals surface area (Å²) in [7, 11) is 0. The summed E-state index contributed by atoms with van der Waals surface area (Å²) in [5.74, 6) is 7.19. The van der Waals surface area contributed by atoms with E-state index in [1.54, 1.807) is 18.2 Å². The van der Waals surface area contributed by atoms with Crippen molar-refractivity contribution in [1.29, 1.82) is 0 Å². The maximum Gasteiger partial charge on any atom is 0.420 e. The quantitative estimate of drug-likeness (QED) is 0.424. The SMILES string of the molecule is C#CCn1c(=O)oc2ccc(NN)cc21. The van der Waals surface area contributed by atoms with Gasteiger partial charge in [0.05, 0.1) is 17.7 Å². The first-order chi connectivity index (χ1) is 7.26. The van der Waals surface area contributed by atoms with Crippen LogP contribution >= 0.6 is 0 Å². The molecule has 0 unspecified atom stereocenters. The number of hydrogen-bond acceptors (Lipinski definition) is 4. The van der Waals surface area contributed by atoms with Crippen LogP contribution in [0.5, 0.6) is 0 Å². The minimum atomic E-state index is -0.461. The van der Waals surface area contributed by atoms with Gasteiger partial charge in [-0.15, -0.1) is 6.42 Å². The molecule has 0 aliphatic heterocycles. The van der Waals surface area contributed by atoms with E-state index in [0.29, 0.717) is 16.8 Å². The lowest BCUT2D eigenvalue weighted by Gasteiger charge is -1.99. The van der Waals surface area contributed by atoms with Crippen LogP contribution in [0.25, 0.3) is 11.1 Å². The zero-order valence-corrected chi connectivity index (χ0v) is 7.86. The van der Waals surface area contributed by atoms with Crippen LogP contribution < -0.4 is 17.0 Å². The molecule has 0 atom stereocenters. The maximum absolute atomic E-state index is 11.4. The Labute approximate surface area is 85.5 Å². The molecule has 0 spiro atoms. The number of fused-ring (bicyclic) bond motifs is 1. The van der Waals surface area contributed by atoms with Crippen LogP contribution in [0.1, 0.15) is 0 Å². The Morgan fingerprint density at radius 2 is 2.40 bits per heavy atom. The molecule has 2 aromatic rings. The van der Waals surface area contributed by atoms with E-state index >= 15 is 0 Å². The summed E-state index contributed by atoms with van der Waals surface area (Å²) in [6, 6.07) is 5.09. The van der Waals surface area contributed by atoms with Crippen molar-refractivity contribution < 1.29 is 4.42 Å². The number of nitrogen functional groups attached to an aromatic ring is 1. The molecule has 15 heavy (non-hydrogen) atoms. The highest BCUT2D eigenvalue weighted by Gasteiger charge is 2.08. The molecular formula is C10H9N3O2. The Balaban J connectivity index is 2.73. The van der Waals surface area contributed by atoms with Crippen molar-refractivity contribution in [2.24, 2.45) is 5.84 Å². The second kappa shape index (κ2) is 3.52. The van der Waals surface area contributed by atoms with Gasteiger partial charge in [-0.05, 0) is 18.2 Å². The lowest BCUT2D eigenvalue weighted by molar-refractivity contribution is 0.521. The van der Waals surface area contributed by atoms with E-state index in [9.17, 15) is 4.79 Å². The fraction of sp³-hybridized carbons (Fsp3) is 0.100. The average Bonchev–Trinajstić information content (AvgIpc) is 2.55. The molecule has 5 heteroatoms. The molecule has 1 aromatic carbocycles. The Bertz CT molecular complexity index is 589. The second-order valence-electron chi connectivity index (χ2n) is 2.99. The summed E-state index contributed by atoms with van der Waals surface area (Å²) in [5.41, 5.74) is 4.31. The van der Waals surface area contributed by atoms with Gasteiger partial charge in [0.1, 0.15) is 0 Å². The molecule has 0 aliphatic rings. The molecule has 0 saturated carbocycles. The van der Waals surface area contributed by atoms with Crippen molar-refractivity contribution in [3.63, 3.8) is 0 Å². The van der Waals surface area contributed by atoms with E-state index < -0.39 is 5.76 Å². The van der Waals surface area contributed by atoms with Crippen molar-refractivity contribution in [1.82, 2.24) is 4.57 Å². The van der Waals surface area contributed by atoms with Crippen molar-refractivity contribution >= 4 is 16.8 Å². The van der Waals surface area contributed by atoms with Gasteiger partial charge in [-0.3, -0.25) is 10.4 Å². The first-order valence-corrected chi connectivity index (χ1v) is 4.29. The van der Waals surface area contributed by atoms with E-state index in [4.69, 9.17) is 16.7 Å². The molecule has 2 rings (SSSR count). The highest BCUT2D eigenvalue weighted by molar-refractivity contribution is 5.77. The standard InChI is InChI=1S/C10H9N3O2/c1-2-5-13-8-6-7(12-11)3-4-9(8)15-10(13)14/h1,3-4,6,12H,5,11H2. The van der Waals surface area contributed by atoms with Crippen molar-refractivity contribution in [2.45, 2.75) is 6.54 Å². The number of nitrogens with one attached hydrogen (secondary N) is 1. The monoisotopic (exact) mass is 203 g/mol. The number of rotatable bonds is 2. The van der Waals surface area contributed by atoms with Crippen LogP contribution in [0.2, 0.25) is 0 Å². The third kappa shape index (κ3) is 1.47. The molecule has 3 N–H and O–H groups in total. The highest BCUT2D eigenvalue weighted by Crippen LogP contribution is 2.17. The summed E-state index contributed by atoms with van der Waals surface area (Å²) >= 11 is 0. The van der Waals surface area contributed by atoms with Crippen LogP contribution in [-0.2, 0) is 6.54 Å². The molecule has 0 radical (unpaired) electrons. The summed E-state index contributed by atoms with van der Waals surface area (Å²) in [5, 5.41) is 0. The second-order valence-corrected chi connectivity index (χ2v) is 2.99. The molecule has 0 saturated heterocycles. The van der Waals surface area contributed by atoms with Gasteiger partial charge in [-0.1, -0.05) is 5.92 Å². The van der Waals surface area contributed by atoms with Crippen LogP contribution in [0.3, 0.4) is 0 Å². The molecule has 0 aliphatic carbocycles. The third-order valence-electron chi connectivity index (χ3n) is 2.08. The van der Waals surface area contributed by atoms with Gasteiger partial charge in [0.2, 0.25) is 0 Å². The van der Waals surface area contributed by atoms with E-state index in [2.05, 4.69) is 11.3 Å². The Morgan fingerprint density at radius 3 is 3.07 bits per heavy atom. The summed E-state index contributed by atoms with van der Waals surface area (Å²) in [4.78, 5) is 11.4. The number of benzene rings is 1. The smallest absolute Gasteiger partial charge is 0.408 e. The molecular weight excluding hydrogens is 194 g/mol. The normalized spacial score (nSPS) is 10.1. The zero-order chi connectivity index (χ0) is 10.8. The number of hydrazine groups is 1. The number of nitrogens with two attached hydrogens (primary N) is 1. The molecule has 0 fully saturated rings. The first-order valence-electron chi connectivity index (χ1n) is 4.29. The average molecular weight is 203 g/mol. The predicted octanol–water partition coefficient (Wildman–Crippen LogP) is 0.513. The Morgan fingerprint density at radius 1 is 1.60 bits per heavy atom. The van der Waals surface area contributed by atoms with Crippen LogP contribution in [0.4, 0.5) is 5.69 Å². The topological polar surface area (TPSA) is 73.2 Å². The van der Waals surface area contributed by atoms with E-state index in [0.717, 1.165) is 0 Å².